The second-order valence-corrected chi connectivity index (χ2v) is 12.6. The van der Waals surface area contributed by atoms with Crippen molar-refractivity contribution >= 4 is 23.3 Å². The Labute approximate surface area is 280 Å². The molecule has 2 saturated heterocycles. The molecule has 4 heterocycles. The first kappa shape index (κ1) is 32.5. The Morgan fingerprint density at radius 3 is 2.40 bits per heavy atom. The lowest BCUT2D eigenvalue weighted by Gasteiger charge is -2.42. The highest BCUT2D eigenvalue weighted by Crippen LogP contribution is 2.35. The number of fused-ring (bicyclic) bond motifs is 1. The molecule has 12 nitrogen and oxygen atoms in total. The number of piperazine rings is 1. The normalized spacial score (nSPS) is 17.6. The summed E-state index contributed by atoms with van der Waals surface area (Å²) in [7, 11) is 1.37. The summed E-state index contributed by atoms with van der Waals surface area (Å²) in [5.74, 6) is 2.24. The number of ether oxygens (including phenoxy) is 2. The van der Waals surface area contributed by atoms with Crippen LogP contribution in [0.1, 0.15) is 38.4 Å². The number of hydrogen-bond acceptors (Lipinski definition) is 9. The first-order valence-electron chi connectivity index (χ1n) is 16.1. The van der Waals surface area contributed by atoms with Crippen LogP contribution in [0.4, 0.5) is 10.6 Å². The fraction of sp³-hybridized carbons (Fsp3) is 0.361. The van der Waals surface area contributed by atoms with Crippen LogP contribution in [-0.4, -0.2) is 93.0 Å². The van der Waals surface area contributed by atoms with Crippen molar-refractivity contribution in [3.05, 3.63) is 84.5 Å². The number of amides is 2. The third-order valence-corrected chi connectivity index (χ3v) is 9.17. The molecule has 2 amide bonds. The molecule has 0 spiro atoms. The fourth-order valence-corrected chi connectivity index (χ4v) is 6.61. The molecule has 2 aliphatic heterocycles. The molecule has 4 aromatic rings. The molecule has 0 radical (unpaired) electrons. The van der Waals surface area contributed by atoms with Crippen molar-refractivity contribution in [2.45, 2.75) is 38.1 Å². The van der Waals surface area contributed by atoms with Crippen molar-refractivity contribution in [1.29, 1.82) is 5.26 Å². The molecule has 2 N–H and O–H groups in total. The Balaban J connectivity index is 1.21. The second-order valence-electron chi connectivity index (χ2n) is 12.6. The molecule has 1 unspecified atom stereocenters. The highest BCUT2D eigenvalue weighted by molar-refractivity contribution is 5.97. The number of aromatic nitrogens is 3. The van der Waals surface area contributed by atoms with Crippen LogP contribution >= 0.6 is 0 Å². The number of nitriles is 1. The molecule has 0 aliphatic carbocycles. The third-order valence-electron chi connectivity index (χ3n) is 9.17. The van der Waals surface area contributed by atoms with Crippen LogP contribution in [0.5, 0.6) is 11.5 Å². The monoisotopic (exact) mass is 648 g/mol. The lowest BCUT2D eigenvalue weighted by Crippen LogP contribution is -2.55. The summed E-state index contributed by atoms with van der Waals surface area (Å²) in [6.45, 7) is 7.18. The summed E-state index contributed by atoms with van der Waals surface area (Å²) in [5, 5.41) is 10.1. The first-order valence-corrected chi connectivity index (χ1v) is 16.1. The standard InChI is InChI=1S/C36H40N8O4/c1-36(2,43-20-18-41(19-21-43)35(46)47-3)22-27(23-37)34(45)42-16-7-8-26(24-42)33-40-30(31-32(38)39-15-17-44(31)33)25-11-13-29(14-12-25)48-28-9-5-4-6-10-28/h4-6,9-15,17,22,26H,7-8,16,18-21,24H2,1-3H3,(H2,38,39). The predicted molar refractivity (Wildman–Crippen MR) is 181 cm³/mol. The zero-order valence-corrected chi connectivity index (χ0v) is 27.5. The molecule has 6 rings (SSSR count). The number of nitrogens with two attached hydrogens (primary N) is 1. The van der Waals surface area contributed by atoms with Crippen LogP contribution in [0.2, 0.25) is 0 Å². The minimum Gasteiger partial charge on any atom is -0.457 e. The summed E-state index contributed by atoms with van der Waals surface area (Å²) in [6, 6.07) is 19.5. The van der Waals surface area contributed by atoms with Gasteiger partial charge in [0.25, 0.3) is 5.91 Å². The van der Waals surface area contributed by atoms with Crippen molar-refractivity contribution in [3.63, 3.8) is 0 Å². The predicted octanol–water partition coefficient (Wildman–Crippen LogP) is 5.09. The fourth-order valence-electron chi connectivity index (χ4n) is 6.61. The van der Waals surface area contributed by atoms with E-state index in [2.05, 4.69) is 16.0 Å². The molecule has 2 aliphatic rings. The lowest BCUT2D eigenvalue weighted by atomic mass is 9.94. The van der Waals surface area contributed by atoms with Gasteiger partial charge in [0.2, 0.25) is 0 Å². The molecule has 48 heavy (non-hydrogen) atoms. The molecule has 0 saturated carbocycles. The molecule has 2 aromatic heterocycles. The van der Waals surface area contributed by atoms with Gasteiger partial charge < -0.3 is 25.0 Å². The number of methoxy groups -OCH3 is 1. The van der Waals surface area contributed by atoms with E-state index >= 15 is 0 Å². The van der Waals surface area contributed by atoms with Gasteiger partial charge in [-0.25, -0.2) is 14.8 Å². The third kappa shape index (κ3) is 6.68. The zero-order valence-electron chi connectivity index (χ0n) is 27.5. The Morgan fingerprint density at radius 1 is 1.00 bits per heavy atom. The summed E-state index contributed by atoms with van der Waals surface area (Å²) in [4.78, 5) is 40.8. The van der Waals surface area contributed by atoms with E-state index in [1.807, 2.05) is 79.0 Å². The van der Waals surface area contributed by atoms with E-state index in [0.29, 0.717) is 62.0 Å². The smallest absolute Gasteiger partial charge is 0.409 e. The minimum atomic E-state index is -0.571. The quantitative estimate of drug-likeness (QED) is 0.214. The Hall–Kier alpha value is -5.41. The number of para-hydroxylation sites is 1. The minimum absolute atomic E-state index is 0.0780. The molecule has 2 aromatic carbocycles. The molecule has 1 atom stereocenters. The maximum Gasteiger partial charge on any atom is 0.409 e. The van der Waals surface area contributed by atoms with Gasteiger partial charge in [-0.2, -0.15) is 5.26 Å². The van der Waals surface area contributed by atoms with Gasteiger partial charge in [0.15, 0.2) is 0 Å². The Morgan fingerprint density at radius 2 is 1.71 bits per heavy atom. The number of piperidine rings is 1. The Bertz CT molecular complexity index is 1850. The number of imidazole rings is 1. The van der Waals surface area contributed by atoms with Gasteiger partial charge in [-0.05, 0) is 69.2 Å². The van der Waals surface area contributed by atoms with Crippen molar-refractivity contribution in [1.82, 2.24) is 29.1 Å². The number of anilines is 1. The van der Waals surface area contributed by atoms with Gasteiger partial charge in [0.05, 0.1) is 7.11 Å². The van der Waals surface area contributed by atoms with E-state index in [0.717, 1.165) is 30.0 Å². The van der Waals surface area contributed by atoms with E-state index in [4.69, 9.17) is 20.2 Å². The topological polar surface area (TPSA) is 142 Å². The first-order chi connectivity index (χ1) is 23.2. The average Bonchev–Trinajstić information content (AvgIpc) is 3.52. The maximum atomic E-state index is 13.8. The molecular weight excluding hydrogens is 608 g/mol. The summed E-state index contributed by atoms with van der Waals surface area (Å²) < 4.78 is 12.8. The average molecular weight is 649 g/mol. The molecule has 248 valence electrons. The van der Waals surface area contributed by atoms with E-state index in [9.17, 15) is 14.9 Å². The van der Waals surface area contributed by atoms with Crippen LogP contribution < -0.4 is 10.5 Å². The van der Waals surface area contributed by atoms with Gasteiger partial charge >= 0.3 is 6.09 Å². The van der Waals surface area contributed by atoms with E-state index in [1.54, 1.807) is 22.1 Å². The number of nitrogen functional groups attached to an aromatic ring is 1. The Kier molecular flexibility index (Phi) is 9.32. The number of likely N-dealkylation sites (tertiary alicyclic amines) is 1. The molecular formula is C36H40N8O4. The van der Waals surface area contributed by atoms with E-state index in [1.165, 1.54) is 7.11 Å². The summed E-state index contributed by atoms with van der Waals surface area (Å²) in [5.41, 5.74) is 8.24. The van der Waals surface area contributed by atoms with Gasteiger partial charge in [-0.15, -0.1) is 0 Å². The SMILES string of the molecule is COC(=O)N1CCN(C(C)(C)C=C(C#N)C(=O)N2CCCC(c3nc(-c4ccc(Oc5ccccc5)cc4)c4c(N)nccn34)C2)CC1. The number of rotatable bonds is 7. The van der Waals surface area contributed by atoms with Crippen LogP contribution in [0.15, 0.2) is 78.6 Å². The van der Waals surface area contributed by atoms with E-state index in [-0.39, 0.29) is 23.5 Å². The number of carbonyl (C=O) groups is 2. The molecule has 12 heteroatoms. The summed E-state index contributed by atoms with van der Waals surface area (Å²) in [6.07, 6.45) is 6.52. The van der Waals surface area contributed by atoms with Crippen LogP contribution in [0.25, 0.3) is 16.8 Å². The van der Waals surface area contributed by atoms with Gasteiger partial charge in [-0.3, -0.25) is 14.1 Å². The number of carbonyl (C=O) groups excluding carboxylic acids is 2. The molecule has 0 bridgehead atoms. The van der Waals surface area contributed by atoms with Gasteiger partial charge in [0.1, 0.15) is 46.0 Å². The lowest BCUT2D eigenvalue weighted by molar-refractivity contribution is -0.128. The highest BCUT2D eigenvalue weighted by atomic mass is 16.5. The summed E-state index contributed by atoms with van der Waals surface area (Å²) >= 11 is 0. The van der Waals surface area contributed by atoms with E-state index < -0.39 is 5.54 Å². The van der Waals surface area contributed by atoms with Gasteiger partial charge in [-0.1, -0.05) is 18.2 Å². The maximum absolute atomic E-state index is 13.8. The number of hydrogen-bond donors (Lipinski definition) is 1. The molecule has 2 fully saturated rings. The van der Waals surface area contributed by atoms with Crippen molar-refractivity contribution < 1.29 is 19.1 Å². The largest absolute Gasteiger partial charge is 0.457 e. The van der Waals surface area contributed by atoms with Crippen LogP contribution in [0.3, 0.4) is 0 Å². The second kappa shape index (κ2) is 13.8. The van der Waals surface area contributed by atoms with Crippen LogP contribution in [0, 0.1) is 11.3 Å². The zero-order chi connectivity index (χ0) is 33.8. The number of benzene rings is 2. The highest BCUT2D eigenvalue weighted by Gasteiger charge is 2.34. The van der Waals surface area contributed by atoms with Crippen molar-refractivity contribution in [2.24, 2.45) is 0 Å². The van der Waals surface area contributed by atoms with Gasteiger partial charge in [0, 0.05) is 68.7 Å². The van der Waals surface area contributed by atoms with Crippen molar-refractivity contribution in [3.8, 4) is 28.8 Å². The van der Waals surface area contributed by atoms with Crippen LogP contribution in [-0.2, 0) is 9.53 Å². The number of nitrogens with zero attached hydrogens (tertiary/aromatic N) is 7. The van der Waals surface area contributed by atoms with Crippen molar-refractivity contribution in [2.75, 3.05) is 52.1 Å².